The summed E-state index contributed by atoms with van der Waals surface area (Å²) in [7, 11) is 3.14. The Morgan fingerprint density at radius 3 is 2.77 bits per heavy atom. The van der Waals surface area contributed by atoms with Crippen LogP contribution in [0.1, 0.15) is 23.0 Å². The quantitative estimate of drug-likeness (QED) is 0.783. The summed E-state index contributed by atoms with van der Waals surface area (Å²) < 4.78 is 10.5. The molecule has 22 heavy (non-hydrogen) atoms. The van der Waals surface area contributed by atoms with Crippen LogP contribution in [0.25, 0.3) is 0 Å². The Labute approximate surface area is 127 Å². The first kappa shape index (κ1) is 14.4. The summed E-state index contributed by atoms with van der Waals surface area (Å²) in [5, 5.41) is 12.4. The number of aromatic amines is 1. The van der Waals surface area contributed by atoms with Gasteiger partial charge in [0.05, 0.1) is 32.3 Å². The maximum Gasteiger partial charge on any atom is 0.321 e. The first-order valence-electron chi connectivity index (χ1n) is 6.87. The largest absolute Gasteiger partial charge is 0.493 e. The van der Waals surface area contributed by atoms with Gasteiger partial charge in [0.2, 0.25) is 0 Å². The van der Waals surface area contributed by atoms with Crippen LogP contribution in [-0.2, 0) is 11.2 Å². The van der Waals surface area contributed by atoms with Gasteiger partial charge in [-0.2, -0.15) is 0 Å². The summed E-state index contributed by atoms with van der Waals surface area (Å²) in [5.74, 6) is 0.334. The third-order valence-electron chi connectivity index (χ3n) is 3.84. The minimum Gasteiger partial charge on any atom is -0.493 e. The van der Waals surface area contributed by atoms with Crippen LogP contribution >= 0.6 is 0 Å². The highest BCUT2D eigenvalue weighted by molar-refractivity contribution is 5.74. The normalized spacial score (nSPS) is 20.3. The summed E-state index contributed by atoms with van der Waals surface area (Å²) in [4.78, 5) is 18.7. The molecule has 0 radical (unpaired) electrons. The van der Waals surface area contributed by atoms with Crippen LogP contribution < -0.4 is 14.8 Å². The highest BCUT2D eigenvalue weighted by Gasteiger charge is 2.33. The number of fused-ring (bicyclic) bond motifs is 1. The number of aliphatic carboxylic acids is 1. The summed E-state index contributed by atoms with van der Waals surface area (Å²) in [6.07, 6.45) is 1.97. The van der Waals surface area contributed by atoms with Crippen LogP contribution in [-0.4, -0.2) is 41.3 Å². The van der Waals surface area contributed by atoms with Crippen molar-refractivity contribution >= 4 is 5.97 Å². The van der Waals surface area contributed by atoms with Gasteiger partial charge in [0.1, 0.15) is 6.04 Å². The molecule has 116 valence electrons. The Morgan fingerprint density at radius 2 is 2.09 bits per heavy atom. The van der Waals surface area contributed by atoms with Crippen LogP contribution in [0, 0.1) is 0 Å². The molecule has 0 fully saturated rings. The minimum atomic E-state index is -0.884. The van der Waals surface area contributed by atoms with Gasteiger partial charge in [0, 0.05) is 12.1 Å². The third-order valence-corrected chi connectivity index (χ3v) is 3.84. The topological polar surface area (TPSA) is 96.5 Å². The number of carbonyl (C=O) groups is 1. The second kappa shape index (κ2) is 5.69. The predicted molar refractivity (Wildman–Crippen MR) is 78.2 cm³/mol. The summed E-state index contributed by atoms with van der Waals surface area (Å²) >= 11 is 0. The zero-order valence-electron chi connectivity index (χ0n) is 12.3. The van der Waals surface area contributed by atoms with Crippen LogP contribution in [0.15, 0.2) is 24.5 Å². The molecule has 0 amide bonds. The fourth-order valence-corrected chi connectivity index (χ4v) is 2.73. The van der Waals surface area contributed by atoms with Gasteiger partial charge in [-0.3, -0.25) is 10.1 Å². The number of rotatable bonds is 4. The van der Waals surface area contributed by atoms with Crippen molar-refractivity contribution in [1.82, 2.24) is 15.3 Å². The number of hydrogen-bond acceptors (Lipinski definition) is 5. The van der Waals surface area contributed by atoms with E-state index < -0.39 is 12.0 Å². The van der Waals surface area contributed by atoms with Crippen LogP contribution in [0.5, 0.6) is 11.5 Å². The number of nitrogens with zero attached hydrogens (tertiary/aromatic N) is 1. The Bertz CT molecular complexity index is 698. The third kappa shape index (κ3) is 2.39. The van der Waals surface area contributed by atoms with Crippen molar-refractivity contribution in [3.63, 3.8) is 0 Å². The van der Waals surface area contributed by atoms with Crippen molar-refractivity contribution in [2.75, 3.05) is 14.2 Å². The van der Waals surface area contributed by atoms with E-state index in [1.54, 1.807) is 26.6 Å². The molecule has 2 atom stereocenters. The van der Waals surface area contributed by atoms with E-state index in [0.29, 0.717) is 17.9 Å². The van der Waals surface area contributed by atoms with Gasteiger partial charge in [-0.15, -0.1) is 0 Å². The molecule has 0 saturated heterocycles. The van der Waals surface area contributed by atoms with E-state index in [4.69, 9.17) is 9.47 Å². The zero-order valence-corrected chi connectivity index (χ0v) is 12.3. The smallest absolute Gasteiger partial charge is 0.321 e. The van der Waals surface area contributed by atoms with E-state index in [0.717, 1.165) is 17.0 Å². The van der Waals surface area contributed by atoms with Gasteiger partial charge in [-0.05, 0) is 17.7 Å². The van der Waals surface area contributed by atoms with E-state index in [1.165, 1.54) is 0 Å². The van der Waals surface area contributed by atoms with Crippen molar-refractivity contribution in [3.8, 4) is 11.5 Å². The number of hydrogen-bond donors (Lipinski definition) is 3. The molecule has 1 aromatic carbocycles. The average molecular weight is 303 g/mol. The molecule has 1 aliphatic rings. The van der Waals surface area contributed by atoms with Gasteiger partial charge in [-0.1, -0.05) is 6.07 Å². The monoisotopic (exact) mass is 303 g/mol. The number of H-pyrrole nitrogens is 1. The molecule has 0 bridgehead atoms. The van der Waals surface area contributed by atoms with Gasteiger partial charge < -0.3 is 19.6 Å². The van der Waals surface area contributed by atoms with Crippen LogP contribution in [0.4, 0.5) is 0 Å². The number of nitrogens with one attached hydrogen (secondary N) is 2. The Morgan fingerprint density at radius 1 is 1.32 bits per heavy atom. The first-order valence-corrected chi connectivity index (χ1v) is 6.87. The molecule has 2 heterocycles. The number of carboxylic acid groups (broad SMARTS) is 1. The predicted octanol–water partition coefficient (Wildman–Crippen LogP) is 1.12. The number of aromatic nitrogens is 2. The molecule has 3 rings (SSSR count). The Kier molecular flexibility index (Phi) is 3.72. The van der Waals surface area contributed by atoms with E-state index >= 15 is 0 Å². The van der Waals surface area contributed by atoms with Crippen LogP contribution in [0.2, 0.25) is 0 Å². The average Bonchev–Trinajstić information content (AvgIpc) is 3.01. The van der Waals surface area contributed by atoms with Crippen molar-refractivity contribution in [1.29, 1.82) is 0 Å². The Balaban J connectivity index is 2.02. The number of ether oxygens (including phenoxy) is 2. The maximum atomic E-state index is 11.3. The molecule has 0 spiro atoms. The highest BCUT2D eigenvalue weighted by atomic mass is 16.5. The lowest BCUT2D eigenvalue weighted by Crippen LogP contribution is -2.45. The SMILES string of the molecule is COc1ccc([C@H]2N[C@@H](C(=O)O)Cc3[nH]cnc32)cc1OC. The van der Waals surface area contributed by atoms with Crippen molar-refractivity contribution in [3.05, 3.63) is 41.5 Å². The highest BCUT2D eigenvalue weighted by Crippen LogP contribution is 2.34. The van der Waals surface area contributed by atoms with E-state index in [9.17, 15) is 9.90 Å². The summed E-state index contributed by atoms with van der Waals surface area (Å²) in [6, 6.07) is 4.54. The fraction of sp³-hybridized carbons (Fsp3) is 0.333. The lowest BCUT2D eigenvalue weighted by Gasteiger charge is -2.28. The zero-order chi connectivity index (χ0) is 15.7. The number of imidazole rings is 1. The van der Waals surface area contributed by atoms with Crippen LogP contribution in [0.3, 0.4) is 0 Å². The molecule has 0 unspecified atom stereocenters. The van der Waals surface area contributed by atoms with E-state index in [1.807, 2.05) is 12.1 Å². The molecule has 1 aromatic heterocycles. The lowest BCUT2D eigenvalue weighted by molar-refractivity contribution is -0.139. The number of methoxy groups -OCH3 is 2. The minimum absolute atomic E-state index is 0.309. The van der Waals surface area contributed by atoms with Gasteiger partial charge in [0.15, 0.2) is 11.5 Å². The fourth-order valence-electron chi connectivity index (χ4n) is 2.73. The second-order valence-corrected chi connectivity index (χ2v) is 5.08. The molecule has 7 heteroatoms. The summed E-state index contributed by atoms with van der Waals surface area (Å²) in [6.45, 7) is 0. The molecule has 1 aliphatic heterocycles. The molecular formula is C15H17N3O4. The molecule has 2 aromatic rings. The van der Waals surface area contributed by atoms with Gasteiger partial charge in [0.25, 0.3) is 0 Å². The maximum absolute atomic E-state index is 11.3. The van der Waals surface area contributed by atoms with Crippen molar-refractivity contribution < 1.29 is 19.4 Å². The van der Waals surface area contributed by atoms with Gasteiger partial charge >= 0.3 is 5.97 Å². The van der Waals surface area contributed by atoms with E-state index in [2.05, 4.69) is 15.3 Å². The van der Waals surface area contributed by atoms with Gasteiger partial charge in [-0.25, -0.2) is 4.98 Å². The Hall–Kier alpha value is -2.54. The lowest BCUT2D eigenvalue weighted by atomic mass is 9.94. The summed E-state index contributed by atoms with van der Waals surface area (Å²) in [5.41, 5.74) is 2.52. The molecule has 7 nitrogen and oxygen atoms in total. The number of benzene rings is 1. The molecule has 0 aliphatic carbocycles. The van der Waals surface area contributed by atoms with E-state index in [-0.39, 0.29) is 6.04 Å². The molecule has 0 saturated carbocycles. The molecule has 3 N–H and O–H groups in total. The first-order chi connectivity index (χ1) is 10.6. The number of carboxylic acids is 1. The second-order valence-electron chi connectivity index (χ2n) is 5.08. The van der Waals surface area contributed by atoms with Crippen molar-refractivity contribution in [2.45, 2.75) is 18.5 Å². The molecular weight excluding hydrogens is 286 g/mol. The van der Waals surface area contributed by atoms with Crippen molar-refractivity contribution in [2.24, 2.45) is 0 Å². The standard InChI is InChI=1S/C15H17N3O4/c1-21-11-4-3-8(5-12(11)22-2)13-14-9(16-7-17-14)6-10(18-13)15(19)20/h3-5,7,10,13,18H,6H2,1-2H3,(H,16,17)(H,19,20)/t10-,13-/m1/s1.